The van der Waals surface area contributed by atoms with E-state index in [1.54, 1.807) is 60.9 Å². The maximum Gasteiger partial charge on any atom is 0.416 e. The minimum atomic E-state index is -4.45. The summed E-state index contributed by atoms with van der Waals surface area (Å²) in [7, 11) is 0. The molecular formula is C24H18ClF3N2O2S. The van der Waals surface area contributed by atoms with Gasteiger partial charge in [0.05, 0.1) is 17.0 Å². The van der Waals surface area contributed by atoms with Crippen molar-refractivity contribution in [1.29, 1.82) is 0 Å². The van der Waals surface area contributed by atoms with Crippen molar-refractivity contribution in [3.63, 3.8) is 0 Å². The second-order valence-corrected chi connectivity index (χ2v) is 8.97. The number of carbonyl (C=O) groups excluding carboxylic acids is 2. The van der Waals surface area contributed by atoms with Crippen molar-refractivity contribution in [1.82, 2.24) is 9.47 Å². The smallest absolute Gasteiger partial charge is 0.318 e. The molecule has 0 unspecified atom stereocenters. The second kappa shape index (κ2) is 8.76. The number of aromatic nitrogens is 1. The highest BCUT2D eigenvalue weighted by molar-refractivity contribution is 8.18. The molecule has 3 aromatic rings. The third-order valence-corrected chi connectivity index (χ3v) is 6.62. The molecule has 1 aliphatic heterocycles. The van der Waals surface area contributed by atoms with Gasteiger partial charge >= 0.3 is 6.18 Å². The van der Waals surface area contributed by atoms with E-state index in [1.807, 2.05) is 0 Å². The minimum absolute atomic E-state index is 0.0605. The molecule has 1 aromatic heterocycles. The zero-order valence-corrected chi connectivity index (χ0v) is 19.2. The third kappa shape index (κ3) is 4.58. The molecule has 2 aromatic carbocycles. The lowest BCUT2D eigenvalue weighted by atomic mass is 10.2. The highest BCUT2D eigenvalue weighted by Crippen LogP contribution is 2.36. The highest BCUT2D eigenvalue weighted by Gasteiger charge is 2.35. The van der Waals surface area contributed by atoms with Crippen LogP contribution in [0, 0.1) is 13.8 Å². The van der Waals surface area contributed by atoms with Gasteiger partial charge in [0, 0.05) is 22.1 Å². The molecule has 2 amide bonds. The topological polar surface area (TPSA) is 42.3 Å². The van der Waals surface area contributed by atoms with Crippen molar-refractivity contribution in [2.24, 2.45) is 0 Å². The van der Waals surface area contributed by atoms with Crippen LogP contribution in [0.25, 0.3) is 11.8 Å². The monoisotopic (exact) mass is 490 g/mol. The maximum atomic E-state index is 13.2. The van der Waals surface area contributed by atoms with Gasteiger partial charge in [-0.2, -0.15) is 13.2 Å². The van der Waals surface area contributed by atoms with Crippen LogP contribution in [0.4, 0.5) is 18.0 Å². The number of nitrogens with zero attached hydrogens (tertiary/aromatic N) is 2. The molecule has 0 saturated carbocycles. The molecule has 0 spiro atoms. The summed E-state index contributed by atoms with van der Waals surface area (Å²) >= 11 is 6.98. The molecule has 0 bridgehead atoms. The average molecular weight is 491 g/mol. The van der Waals surface area contributed by atoms with E-state index >= 15 is 0 Å². The molecule has 1 fully saturated rings. The van der Waals surface area contributed by atoms with Crippen molar-refractivity contribution < 1.29 is 22.8 Å². The first-order valence-corrected chi connectivity index (χ1v) is 11.1. The average Bonchev–Trinajstić information content (AvgIpc) is 3.18. The van der Waals surface area contributed by atoms with E-state index in [9.17, 15) is 22.8 Å². The highest BCUT2D eigenvalue weighted by atomic mass is 35.5. The maximum absolute atomic E-state index is 13.2. The molecule has 1 aliphatic rings. The fraction of sp³-hybridized carbons (Fsp3) is 0.167. The van der Waals surface area contributed by atoms with Crippen molar-refractivity contribution in [3.05, 3.63) is 92.6 Å². The Hall–Kier alpha value is -2.97. The molecular weight excluding hydrogens is 473 g/mol. The normalized spacial score (nSPS) is 15.7. The largest absolute Gasteiger partial charge is 0.416 e. The van der Waals surface area contributed by atoms with Crippen LogP contribution in [0.1, 0.15) is 28.1 Å². The van der Waals surface area contributed by atoms with Crippen LogP contribution < -0.4 is 0 Å². The first kappa shape index (κ1) is 23.2. The van der Waals surface area contributed by atoms with E-state index in [0.29, 0.717) is 33.2 Å². The first-order chi connectivity index (χ1) is 15.6. The van der Waals surface area contributed by atoms with Crippen molar-refractivity contribution >= 4 is 40.6 Å². The Kier molecular flexibility index (Phi) is 6.16. The fourth-order valence-electron chi connectivity index (χ4n) is 3.73. The summed E-state index contributed by atoms with van der Waals surface area (Å²) in [5, 5.41) is 0.0584. The predicted molar refractivity (Wildman–Crippen MR) is 123 cm³/mol. The number of carbonyl (C=O) groups is 2. The first-order valence-electron chi connectivity index (χ1n) is 9.91. The molecule has 4 rings (SSSR count). The number of imide groups is 1. The zero-order chi connectivity index (χ0) is 23.9. The number of benzene rings is 2. The number of rotatable bonds is 4. The quantitative estimate of drug-likeness (QED) is 0.370. The van der Waals surface area contributed by atoms with Gasteiger partial charge < -0.3 is 4.57 Å². The number of alkyl halides is 3. The summed E-state index contributed by atoms with van der Waals surface area (Å²) in [6, 6.07) is 13.8. The van der Waals surface area contributed by atoms with Gasteiger partial charge in [-0.05, 0) is 73.1 Å². The molecule has 0 aliphatic carbocycles. The summed E-state index contributed by atoms with van der Waals surface area (Å²) in [6.07, 6.45) is -2.85. The lowest BCUT2D eigenvalue weighted by molar-refractivity contribution is -0.137. The van der Waals surface area contributed by atoms with E-state index in [0.717, 1.165) is 28.8 Å². The van der Waals surface area contributed by atoms with E-state index < -0.39 is 22.9 Å². The molecule has 0 N–H and O–H groups in total. The second-order valence-electron chi connectivity index (χ2n) is 7.57. The molecule has 2 heterocycles. The molecule has 0 radical (unpaired) electrons. The third-order valence-electron chi connectivity index (χ3n) is 5.35. The predicted octanol–water partition coefficient (Wildman–Crippen LogP) is 7.00. The number of hydrogen-bond donors (Lipinski definition) is 0. The molecule has 1 saturated heterocycles. The van der Waals surface area contributed by atoms with Gasteiger partial charge in [0.1, 0.15) is 0 Å². The summed E-state index contributed by atoms with van der Waals surface area (Å²) in [5.41, 5.74) is 2.29. The molecule has 170 valence electrons. The lowest BCUT2D eigenvalue weighted by Gasteiger charge is -2.13. The van der Waals surface area contributed by atoms with Crippen LogP contribution in [0.15, 0.2) is 59.5 Å². The molecule has 0 atom stereocenters. The van der Waals surface area contributed by atoms with Crippen molar-refractivity contribution in [3.8, 4) is 5.69 Å². The van der Waals surface area contributed by atoms with E-state index in [-0.39, 0.29) is 11.4 Å². The number of amides is 2. The Labute approximate surface area is 197 Å². The number of aryl methyl sites for hydroxylation is 1. The van der Waals surface area contributed by atoms with Gasteiger partial charge in [-0.1, -0.05) is 35.9 Å². The van der Waals surface area contributed by atoms with Crippen LogP contribution in [0.5, 0.6) is 0 Å². The van der Waals surface area contributed by atoms with Crippen LogP contribution in [0.3, 0.4) is 0 Å². The van der Waals surface area contributed by atoms with E-state index in [2.05, 4.69) is 0 Å². The Balaban J connectivity index is 1.65. The van der Waals surface area contributed by atoms with Gasteiger partial charge in [-0.15, -0.1) is 0 Å². The number of thioether (sulfide) groups is 1. The molecule has 33 heavy (non-hydrogen) atoms. The van der Waals surface area contributed by atoms with Crippen LogP contribution in [-0.4, -0.2) is 20.6 Å². The lowest BCUT2D eigenvalue weighted by Crippen LogP contribution is -2.27. The Morgan fingerprint density at radius 1 is 1.03 bits per heavy atom. The van der Waals surface area contributed by atoms with E-state index in [1.165, 1.54) is 6.07 Å². The van der Waals surface area contributed by atoms with Crippen LogP contribution in [-0.2, 0) is 17.5 Å². The summed E-state index contributed by atoms with van der Waals surface area (Å²) < 4.78 is 41.2. The van der Waals surface area contributed by atoms with Gasteiger partial charge in [0.25, 0.3) is 11.1 Å². The van der Waals surface area contributed by atoms with Gasteiger partial charge in [-0.25, -0.2) is 0 Å². The zero-order valence-electron chi connectivity index (χ0n) is 17.6. The van der Waals surface area contributed by atoms with Crippen LogP contribution >= 0.6 is 23.4 Å². The van der Waals surface area contributed by atoms with Crippen LogP contribution in [0.2, 0.25) is 5.02 Å². The SMILES string of the molecule is Cc1cc(/C=C2\SC(=O)N(Cc3ccccc3Cl)C2=O)c(C)n1-c1cccc(C(F)(F)F)c1. The summed E-state index contributed by atoms with van der Waals surface area (Å²) in [4.78, 5) is 26.8. The minimum Gasteiger partial charge on any atom is -0.318 e. The fourth-order valence-corrected chi connectivity index (χ4v) is 4.75. The summed E-state index contributed by atoms with van der Waals surface area (Å²) in [5.74, 6) is -0.436. The Morgan fingerprint density at radius 2 is 1.76 bits per heavy atom. The van der Waals surface area contributed by atoms with Gasteiger partial charge in [0.15, 0.2) is 0 Å². The summed E-state index contributed by atoms with van der Waals surface area (Å²) in [6.45, 7) is 3.59. The van der Waals surface area contributed by atoms with Crippen molar-refractivity contribution in [2.75, 3.05) is 0 Å². The van der Waals surface area contributed by atoms with Gasteiger partial charge in [0.2, 0.25) is 0 Å². The van der Waals surface area contributed by atoms with Crippen molar-refractivity contribution in [2.45, 2.75) is 26.6 Å². The van der Waals surface area contributed by atoms with Gasteiger partial charge in [-0.3, -0.25) is 14.5 Å². The number of hydrogen-bond acceptors (Lipinski definition) is 3. The molecule has 4 nitrogen and oxygen atoms in total. The van der Waals surface area contributed by atoms with E-state index in [4.69, 9.17) is 11.6 Å². The Bertz CT molecular complexity index is 1300. The standard InChI is InChI=1S/C24H18ClF3N2O2S/c1-14-10-17(15(2)30(14)19-8-5-7-18(12-19)24(26,27)28)11-21-22(31)29(23(32)33-21)13-16-6-3-4-9-20(16)25/h3-12H,13H2,1-2H3/b21-11-. The number of halogens is 4. The molecule has 9 heteroatoms. The Morgan fingerprint density at radius 3 is 2.45 bits per heavy atom.